The molecule has 1 unspecified atom stereocenters. The van der Waals surface area contributed by atoms with Gasteiger partial charge in [-0.3, -0.25) is 4.79 Å². The molecule has 0 aliphatic rings. The second kappa shape index (κ2) is 8.70. The Balaban J connectivity index is 2.25. The number of aryl methyl sites for hydroxylation is 1. The molecule has 2 rings (SSSR count). The van der Waals surface area contributed by atoms with Gasteiger partial charge >= 0.3 is 0 Å². The second-order valence-electron chi connectivity index (χ2n) is 6.82. The van der Waals surface area contributed by atoms with E-state index < -0.39 is 27.8 Å². The molecule has 1 atom stereocenters. The van der Waals surface area contributed by atoms with Crippen molar-refractivity contribution in [3.8, 4) is 5.75 Å². The van der Waals surface area contributed by atoms with Gasteiger partial charge in [0, 0.05) is 5.69 Å². The van der Waals surface area contributed by atoms with Gasteiger partial charge in [0.25, 0.3) is 0 Å². The quantitative estimate of drug-likeness (QED) is 0.734. The van der Waals surface area contributed by atoms with E-state index in [0.717, 1.165) is 23.3 Å². The van der Waals surface area contributed by atoms with Crippen LogP contribution in [0.15, 0.2) is 41.3 Å². The molecule has 0 fully saturated rings. The van der Waals surface area contributed by atoms with Crippen LogP contribution in [0.3, 0.4) is 0 Å². The number of amides is 1. The Morgan fingerprint density at radius 2 is 1.82 bits per heavy atom. The van der Waals surface area contributed by atoms with Gasteiger partial charge in [-0.1, -0.05) is 32.0 Å². The standard InChI is InChI=1S/C20H25FN2O4S/c1-12(2)16-8-6-7-13(3)19(16)22-20(24)14(4)23-28(25,26)18-11-15(21)9-10-17(18)27-5/h6-12,14,23H,1-5H3,(H,22,24). The van der Waals surface area contributed by atoms with Crippen molar-refractivity contribution in [3.63, 3.8) is 0 Å². The largest absolute Gasteiger partial charge is 0.495 e. The lowest BCUT2D eigenvalue weighted by Gasteiger charge is -2.20. The summed E-state index contributed by atoms with van der Waals surface area (Å²) in [6.07, 6.45) is 0. The van der Waals surface area contributed by atoms with Crippen LogP contribution < -0.4 is 14.8 Å². The molecule has 0 aromatic heterocycles. The lowest BCUT2D eigenvalue weighted by atomic mass is 9.98. The van der Waals surface area contributed by atoms with Crippen LogP contribution in [-0.4, -0.2) is 27.5 Å². The van der Waals surface area contributed by atoms with Crippen LogP contribution in [0.4, 0.5) is 10.1 Å². The smallest absolute Gasteiger partial charge is 0.245 e. The summed E-state index contributed by atoms with van der Waals surface area (Å²) in [5.74, 6) is -1.07. The predicted octanol–water partition coefficient (Wildman–Crippen LogP) is 3.57. The van der Waals surface area contributed by atoms with Crippen molar-refractivity contribution in [3.05, 3.63) is 53.3 Å². The Kier molecular flexibility index (Phi) is 6.79. The van der Waals surface area contributed by atoms with Crippen LogP contribution in [0.25, 0.3) is 0 Å². The number of benzene rings is 2. The summed E-state index contributed by atoms with van der Waals surface area (Å²) in [6.45, 7) is 7.31. The van der Waals surface area contributed by atoms with Gasteiger partial charge in [-0.25, -0.2) is 12.8 Å². The number of sulfonamides is 1. The maximum atomic E-state index is 13.5. The fourth-order valence-corrected chi connectivity index (χ4v) is 4.17. The van der Waals surface area contributed by atoms with Crippen LogP contribution in [0, 0.1) is 12.7 Å². The minimum absolute atomic E-state index is 0.0116. The van der Waals surface area contributed by atoms with Gasteiger partial charge in [0.05, 0.1) is 13.2 Å². The molecule has 0 spiro atoms. The van der Waals surface area contributed by atoms with E-state index in [2.05, 4.69) is 10.0 Å². The third kappa shape index (κ3) is 4.88. The van der Waals surface area contributed by atoms with Crippen LogP contribution in [0.5, 0.6) is 5.75 Å². The van der Waals surface area contributed by atoms with E-state index in [-0.39, 0.29) is 16.6 Å². The van der Waals surface area contributed by atoms with Crippen molar-refractivity contribution in [1.82, 2.24) is 4.72 Å². The molecule has 0 saturated heterocycles. The van der Waals surface area contributed by atoms with E-state index in [9.17, 15) is 17.6 Å². The zero-order valence-corrected chi connectivity index (χ0v) is 17.4. The van der Waals surface area contributed by atoms with E-state index in [1.165, 1.54) is 20.1 Å². The first kappa shape index (κ1) is 21.8. The average Bonchev–Trinajstić information content (AvgIpc) is 2.62. The van der Waals surface area contributed by atoms with E-state index in [1.54, 1.807) is 0 Å². The van der Waals surface area contributed by atoms with Crippen molar-refractivity contribution in [2.45, 2.75) is 44.6 Å². The van der Waals surface area contributed by atoms with Gasteiger partial charge in [0.15, 0.2) is 0 Å². The molecule has 0 aliphatic carbocycles. The van der Waals surface area contributed by atoms with Crippen LogP contribution in [0.2, 0.25) is 0 Å². The number of nitrogens with one attached hydrogen (secondary N) is 2. The van der Waals surface area contributed by atoms with Crippen molar-refractivity contribution in [1.29, 1.82) is 0 Å². The Labute approximate surface area is 165 Å². The molecule has 0 bridgehead atoms. The lowest BCUT2D eigenvalue weighted by Crippen LogP contribution is -2.41. The highest BCUT2D eigenvalue weighted by atomic mass is 32.2. The number of hydrogen-bond donors (Lipinski definition) is 2. The van der Waals surface area contributed by atoms with Crippen molar-refractivity contribution in [2.75, 3.05) is 12.4 Å². The Morgan fingerprint density at radius 3 is 2.43 bits per heavy atom. The monoisotopic (exact) mass is 408 g/mol. The maximum Gasteiger partial charge on any atom is 0.245 e. The van der Waals surface area contributed by atoms with E-state index in [1.807, 2.05) is 39.0 Å². The molecule has 0 saturated carbocycles. The molecule has 2 aromatic rings. The molecule has 2 N–H and O–H groups in total. The number of methoxy groups -OCH3 is 1. The number of carbonyl (C=O) groups is 1. The second-order valence-corrected chi connectivity index (χ2v) is 8.50. The number of anilines is 1. The molecule has 28 heavy (non-hydrogen) atoms. The van der Waals surface area contributed by atoms with Crippen LogP contribution in [-0.2, 0) is 14.8 Å². The lowest BCUT2D eigenvalue weighted by molar-refractivity contribution is -0.117. The van der Waals surface area contributed by atoms with Gasteiger partial charge in [0.2, 0.25) is 15.9 Å². The van der Waals surface area contributed by atoms with Gasteiger partial charge in [-0.2, -0.15) is 4.72 Å². The van der Waals surface area contributed by atoms with Crippen LogP contribution in [0.1, 0.15) is 37.8 Å². The number of carbonyl (C=O) groups excluding carboxylic acids is 1. The Hall–Kier alpha value is -2.45. The summed E-state index contributed by atoms with van der Waals surface area (Å²) >= 11 is 0. The van der Waals surface area contributed by atoms with Crippen molar-refractivity contribution >= 4 is 21.6 Å². The molecule has 8 heteroatoms. The third-order valence-corrected chi connectivity index (χ3v) is 5.88. The van der Waals surface area contributed by atoms with Gasteiger partial charge < -0.3 is 10.1 Å². The average molecular weight is 408 g/mol. The highest BCUT2D eigenvalue weighted by molar-refractivity contribution is 7.89. The Bertz CT molecular complexity index is 974. The first-order valence-corrected chi connectivity index (χ1v) is 10.3. The SMILES string of the molecule is COc1ccc(F)cc1S(=O)(=O)NC(C)C(=O)Nc1c(C)cccc1C(C)C. The number of ether oxygens (including phenoxy) is 1. The molecule has 1 amide bonds. The van der Waals surface area contributed by atoms with Gasteiger partial charge in [-0.15, -0.1) is 0 Å². The number of para-hydroxylation sites is 1. The molecule has 152 valence electrons. The molecular formula is C20H25FN2O4S. The van der Waals surface area contributed by atoms with E-state index in [4.69, 9.17) is 4.74 Å². The highest BCUT2D eigenvalue weighted by Gasteiger charge is 2.26. The molecule has 2 aromatic carbocycles. The number of rotatable bonds is 7. The summed E-state index contributed by atoms with van der Waals surface area (Å²) in [4.78, 5) is 12.3. The summed E-state index contributed by atoms with van der Waals surface area (Å²) in [5, 5.41) is 2.80. The molecule has 0 aliphatic heterocycles. The van der Waals surface area contributed by atoms with Crippen molar-refractivity contribution in [2.24, 2.45) is 0 Å². The van der Waals surface area contributed by atoms with E-state index >= 15 is 0 Å². The van der Waals surface area contributed by atoms with Gasteiger partial charge in [-0.05, 0) is 49.1 Å². The molecular weight excluding hydrogens is 383 g/mol. The van der Waals surface area contributed by atoms with Crippen LogP contribution >= 0.6 is 0 Å². The van der Waals surface area contributed by atoms with E-state index in [0.29, 0.717) is 5.69 Å². The number of halogens is 1. The first-order valence-electron chi connectivity index (χ1n) is 8.83. The zero-order valence-electron chi connectivity index (χ0n) is 16.5. The third-order valence-electron chi connectivity index (χ3n) is 4.32. The molecule has 6 nitrogen and oxygen atoms in total. The number of hydrogen-bond acceptors (Lipinski definition) is 4. The Morgan fingerprint density at radius 1 is 1.14 bits per heavy atom. The minimum Gasteiger partial charge on any atom is -0.495 e. The minimum atomic E-state index is -4.17. The fourth-order valence-electron chi connectivity index (χ4n) is 2.78. The first-order chi connectivity index (χ1) is 13.1. The van der Waals surface area contributed by atoms with Gasteiger partial charge in [0.1, 0.15) is 16.5 Å². The molecule has 0 heterocycles. The predicted molar refractivity (Wildman–Crippen MR) is 107 cm³/mol. The summed E-state index contributed by atoms with van der Waals surface area (Å²) in [6, 6.07) is 7.77. The summed E-state index contributed by atoms with van der Waals surface area (Å²) < 4.78 is 46.1. The highest BCUT2D eigenvalue weighted by Crippen LogP contribution is 2.28. The molecule has 0 radical (unpaired) electrons. The zero-order chi connectivity index (χ0) is 21.1. The van der Waals surface area contributed by atoms with Crippen molar-refractivity contribution < 1.29 is 22.3 Å². The topological polar surface area (TPSA) is 84.5 Å². The summed E-state index contributed by atoms with van der Waals surface area (Å²) in [7, 11) is -2.89. The maximum absolute atomic E-state index is 13.5. The normalized spacial score (nSPS) is 12.7. The summed E-state index contributed by atoms with van der Waals surface area (Å²) in [5.41, 5.74) is 2.49. The fraction of sp³-hybridized carbons (Fsp3) is 0.350.